The molecule has 4 rings (SSSR count). The first-order valence-electron chi connectivity index (χ1n) is 8.20. The molecule has 1 atom stereocenters. The Morgan fingerprint density at radius 2 is 2.00 bits per heavy atom. The largest absolute Gasteiger partial charge is 0.379 e. The van der Waals surface area contributed by atoms with Crippen LogP contribution < -0.4 is 0 Å². The maximum Gasteiger partial charge on any atom is 0.212 e. The molecule has 1 aliphatic heterocycles. The lowest BCUT2D eigenvalue weighted by molar-refractivity contribution is 0.309. The summed E-state index contributed by atoms with van der Waals surface area (Å²) in [6.45, 7) is 0.917. The van der Waals surface area contributed by atoms with Gasteiger partial charge in [0, 0.05) is 30.9 Å². The Kier molecular flexibility index (Phi) is 4.01. The Bertz CT molecular complexity index is 900. The molecule has 3 aromatic rings. The molecule has 1 aliphatic rings. The molecule has 0 bridgehead atoms. The molecule has 126 valence electrons. The minimum atomic E-state index is -0.477. The van der Waals surface area contributed by atoms with Crippen molar-refractivity contribution in [3.05, 3.63) is 67.0 Å². The lowest BCUT2D eigenvalue weighted by Gasteiger charge is -2.25. The first-order valence-corrected chi connectivity index (χ1v) is 8.20. The number of rotatable bonds is 3. The fourth-order valence-electron chi connectivity index (χ4n) is 3.05. The average molecular weight is 335 g/mol. The van der Waals surface area contributed by atoms with E-state index in [9.17, 15) is 4.39 Å². The van der Waals surface area contributed by atoms with Crippen molar-refractivity contribution in [3.8, 4) is 22.4 Å². The molecule has 0 amide bonds. The fourth-order valence-corrected chi connectivity index (χ4v) is 3.05. The summed E-state index contributed by atoms with van der Waals surface area (Å²) in [5, 5.41) is 8.64. The third kappa shape index (κ3) is 3.28. The van der Waals surface area contributed by atoms with Gasteiger partial charge in [0.2, 0.25) is 5.95 Å². The van der Waals surface area contributed by atoms with E-state index >= 15 is 0 Å². The van der Waals surface area contributed by atoms with Gasteiger partial charge in [0.25, 0.3) is 0 Å². The van der Waals surface area contributed by atoms with Crippen LogP contribution in [0.15, 0.2) is 61.1 Å². The first kappa shape index (κ1) is 15.5. The third-order valence-electron chi connectivity index (χ3n) is 4.37. The normalized spacial score (nSPS) is 17.0. The minimum absolute atomic E-state index is 0.292. The summed E-state index contributed by atoms with van der Waals surface area (Å²) >= 11 is 0. The second-order valence-electron chi connectivity index (χ2n) is 6.25. The summed E-state index contributed by atoms with van der Waals surface area (Å²) in [4.78, 5) is 5.87. The van der Waals surface area contributed by atoms with E-state index in [1.165, 1.54) is 12.3 Å². The smallest absolute Gasteiger partial charge is 0.212 e. The molecule has 3 heterocycles. The quantitative estimate of drug-likeness (QED) is 0.687. The van der Waals surface area contributed by atoms with Crippen molar-refractivity contribution < 1.29 is 4.39 Å². The van der Waals surface area contributed by atoms with Gasteiger partial charge in [0.05, 0.1) is 12.2 Å². The zero-order valence-electron chi connectivity index (χ0n) is 13.9. The monoisotopic (exact) mass is 335 g/mol. The fraction of sp³-hybridized carbons (Fsp3) is 0.211. The number of allylic oxidation sites excluding steroid dienone is 1. The Morgan fingerprint density at radius 1 is 1.12 bits per heavy atom. The highest BCUT2D eigenvalue weighted by molar-refractivity contribution is 5.70. The minimum Gasteiger partial charge on any atom is -0.379 e. The van der Waals surface area contributed by atoms with E-state index in [1.807, 2.05) is 35.1 Å². The lowest BCUT2D eigenvalue weighted by Crippen LogP contribution is -2.27. The van der Waals surface area contributed by atoms with Gasteiger partial charge in [-0.25, -0.2) is 9.67 Å². The zero-order valence-corrected chi connectivity index (χ0v) is 13.9. The summed E-state index contributed by atoms with van der Waals surface area (Å²) in [5.74, 6) is -0.477. The van der Waals surface area contributed by atoms with Crippen LogP contribution in [-0.4, -0.2) is 38.5 Å². The van der Waals surface area contributed by atoms with Crippen molar-refractivity contribution in [3.63, 3.8) is 0 Å². The number of likely N-dealkylation sites (N-methyl/N-ethyl adjacent to an activating group) is 1. The average Bonchev–Trinajstić information content (AvgIpc) is 3.13. The summed E-state index contributed by atoms with van der Waals surface area (Å²) in [5.41, 5.74) is 3.65. The van der Waals surface area contributed by atoms with Crippen molar-refractivity contribution in [2.45, 2.75) is 12.5 Å². The zero-order chi connectivity index (χ0) is 17.2. The Labute approximate surface area is 145 Å². The molecule has 0 spiro atoms. The van der Waals surface area contributed by atoms with Crippen molar-refractivity contribution in [2.24, 2.45) is 0 Å². The maximum atomic E-state index is 13.0. The first-order chi connectivity index (χ1) is 12.2. The summed E-state index contributed by atoms with van der Waals surface area (Å²) in [7, 11) is 2.06. The highest BCUT2D eigenvalue weighted by Crippen LogP contribution is 2.26. The number of hydrogen-bond donors (Lipinski definition) is 0. The molecule has 25 heavy (non-hydrogen) atoms. The lowest BCUT2D eigenvalue weighted by atomic mass is 10.0. The molecule has 0 unspecified atom stereocenters. The van der Waals surface area contributed by atoms with E-state index in [2.05, 4.69) is 39.5 Å². The predicted octanol–water partition coefficient (Wildman–Crippen LogP) is 3.54. The van der Waals surface area contributed by atoms with Crippen LogP contribution in [0.5, 0.6) is 0 Å². The van der Waals surface area contributed by atoms with Crippen LogP contribution in [0.3, 0.4) is 0 Å². The van der Waals surface area contributed by atoms with Crippen LogP contribution in [0.4, 0.5) is 4.39 Å². The number of aromatic nitrogens is 4. The van der Waals surface area contributed by atoms with E-state index in [0.717, 1.165) is 35.3 Å². The number of pyridine rings is 1. The predicted molar refractivity (Wildman–Crippen MR) is 94.1 cm³/mol. The van der Waals surface area contributed by atoms with E-state index in [4.69, 9.17) is 0 Å². The molecule has 1 aromatic carbocycles. The number of benzene rings is 1. The van der Waals surface area contributed by atoms with Crippen LogP contribution in [0.2, 0.25) is 0 Å². The van der Waals surface area contributed by atoms with Crippen molar-refractivity contribution in [1.29, 1.82) is 0 Å². The summed E-state index contributed by atoms with van der Waals surface area (Å²) in [6, 6.07) is 11.3. The molecule has 2 aromatic heterocycles. The molecule has 0 saturated carbocycles. The van der Waals surface area contributed by atoms with Gasteiger partial charge in [-0.1, -0.05) is 29.5 Å². The molecule has 0 N–H and O–H groups in total. The third-order valence-corrected chi connectivity index (χ3v) is 4.37. The van der Waals surface area contributed by atoms with Gasteiger partial charge in [-0.2, -0.15) is 4.39 Å². The van der Waals surface area contributed by atoms with Crippen molar-refractivity contribution in [2.75, 3.05) is 13.6 Å². The van der Waals surface area contributed by atoms with Crippen molar-refractivity contribution in [1.82, 2.24) is 24.9 Å². The Morgan fingerprint density at radius 3 is 2.80 bits per heavy atom. The van der Waals surface area contributed by atoms with Gasteiger partial charge in [-0.05, 0) is 36.4 Å². The van der Waals surface area contributed by atoms with Crippen molar-refractivity contribution >= 4 is 0 Å². The molecule has 0 saturated heterocycles. The summed E-state index contributed by atoms with van der Waals surface area (Å²) in [6.07, 6.45) is 8.72. The summed E-state index contributed by atoms with van der Waals surface area (Å²) < 4.78 is 14.9. The number of nitrogens with zero attached hydrogens (tertiary/aromatic N) is 5. The number of halogens is 1. The molecule has 6 heteroatoms. The van der Waals surface area contributed by atoms with Crippen LogP contribution >= 0.6 is 0 Å². The van der Waals surface area contributed by atoms with E-state index < -0.39 is 5.95 Å². The SMILES string of the molecule is CN1C=CC[C@@H](n2cc(-c3cccc(-c4ccc(F)nc4)c3)nn2)C1. The van der Waals surface area contributed by atoms with Crippen LogP contribution in [0.25, 0.3) is 22.4 Å². The van der Waals surface area contributed by atoms with Crippen LogP contribution in [0, 0.1) is 5.95 Å². The molecular weight excluding hydrogens is 317 g/mol. The van der Waals surface area contributed by atoms with Crippen LogP contribution in [-0.2, 0) is 0 Å². The van der Waals surface area contributed by atoms with E-state index in [-0.39, 0.29) is 0 Å². The molecule has 0 radical (unpaired) electrons. The standard InChI is InChI=1S/C19H18FN5/c1-24-9-3-6-17(12-24)25-13-18(22-23-25)15-5-2-4-14(10-15)16-7-8-19(20)21-11-16/h2-5,7-11,13,17H,6,12H2,1H3/t17-/m1/s1. The highest BCUT2D eigenvalue weighted by atomic mass is 19.1. The molecular formula is C19H18FN5. The van der Waals surface area contributed by atoms with E-state index in [1.54, 1.807) is 6.07 Å². The van der Waals surface area contributed by atoms with Gasteiger partial charge in [-0.3, -0.25) is 0 Å². The highest BCUT2D eigenvalue weighted by Gasteiger charge is 2.17. The molecule has 5 nitrogen and oxygen atoms in total. The van der Waals surface area contributed by atoms with Gasteiger partial charge >= 0.3 is 0 Å². The second kappa shape index (κ2) is 6.47. The van der Waals surface area contributed by atoms with Gasteiger partial charge < -0.3 is 4.90 Å². The van der Waals surface area contributed by atoms with Gasteiger partial charge in [0.1, 0.15) is 5.69 Å². The molecule has 0 aliphatic carbocycles. The topological polar surface area (TPSA) is 46.8 Å². The Balaban J connectivity index is 1.61. The second-order valence-corrected chi connectivity index (χ2v) is 6.25. The number of hydrogen-bond acceptors (Lipinski definition) is 4. The molecule has 0 fully saturated rings. The van der Waals surface area contributed by atoms with Gasteiger partial charge in [0.15, 0.2) is 0 Å². The van der Waals surface area contributed by atoms with Crippen LogP contribution in [0.1, 0.15) is 12.5 Å². The van der Waals surface area contributed by atoms with Gasteiger partial charge in [-0.15, -0.1) is 5.10 Å². The van der Waals surface area contributed by atoms with E-state index in [0.29, 0.717) is 6.04 Å². The maximum absolute atomic E-state index is 13.0. The Hall–Kier alpha value is -3.02.